The van der Waals surface area contributed by atoms with Gasteiger partial charge >= 0.3 is 0 Å². The Bertz CT molecular complexity index is 640. The number of benzene rings is 2. The van der Waals surface area contributed by atoms with Crippen molar-refractivity contribution >= 4 is 5.71 Å². The Labute approximate surface area is 127 Å². The lowest BCUT2D eigenvalue weighted by Crippen LogP contribution is -2.05. The molecule has 1 unspecified atom stereocenters. The third-order valence-electron chi connectivity index (χ3n) is 4.31. The average molecular weight is 277 g/mol. The van der Waals surface area contributed by atoms with E-state index in [0.29, 0.717) is 0 Å². The fourth-order valence-corrected chi connectivity index (χ4v) is 3.13. The second-order valence-electron chi connectivity index (χ2n) is 6.03. The van der Waals surface area contributed by atoms with Gasteiger partial charge in [-0.15, -0.1) is 0 Å². The van der Waals surface area contributed by atoms with Crippen molar-refractivity contribution in [3.63, 3.8) is 0 Å². The zero-order valence-electron chi connectivity index (χ0n) is 13.0. The summed E-state index contributed by atoms with van der Waals surface area (Å²) < 4.78 is 0. The first-order valence-corrected chi connectivity index (χ1v) is 7.95. The number of nitrogens with zero attached hydrogens (tertiary/aromatic N) is 1. The predicted molar refractivity (Wildman–Crippen MR) is 90.1 cm³/mol. The van der Waals surface area contributed by atoms with Crippen molar-refractivity contribution in [3.8, 4) is 0 Å². The molecule has 1 aliphatic carbocycles. The number of aryl methyl sites for hydroxylation is 2. The zero-order chi connectivity index (χ0) is 14.7. The van der Waals surface area contributed by atoms with Gasteiger partial charge in [0.05, 0.1) is 6.04 Å². The third kappa shape index (κ3) is 3.24. The minimum atomic E-state index is 0.230. The van der Waals surface area contributed by atoms with Gasteiger partial charge in [-0.05, 0) is 56.2 Å². The molecule has 0 N–H and O–H groups in total. The highest BCUT2D eigenvalue weighted by molar-refractivity contribution is 6.02. The van der Waals surface area contributed by atoms with Crippen LogP contribution in [-0.2, 0) is 6.42 Å². The molecular weight excluding hydrogens is 254 g/mol. The van der Waals surface area contributed by atoms with Crippen molar-refractivity contribution in [1.29, 1.82) is 0 Å². The van der Waals surface area contributed by atoms with E-state index in [4.69, 9.17) is 4.99 Å². The van der Waals surface area contributed by atoms with Crippen molar-refractivity contribution < 1.29 is 0 Å². The topological polar surface area (TPSA) is 12.4 Å². The van der Waals surface area contributed by atoms with Gasteiger partial charge in [0.1, 0.15) is 0 Å². The van der Waals surface area contributed by atoms with E-state index in [0.717, 1.165) is 6.42 Å². The standard InChI is InChI=1S/C20H23N/c1-15-12-13-19-18(14-15)10-6-7-11-20(19)21-16(2)17-8-4-3-5-9-17/h3-5,8-9,12-14,16H,6-7,10-11H2,1-2H3. The molecule has 0 heterocycles. The summed E-state index contributed by atoms with van der Waals surface area (Å²) in [6.07, 6.45) is 4.81. The first-order valence-electron chi connectivity index (χ1n) is 7.95. The van der Waals surface area contributed by atoms with Crippen LogP contribution in [-0.4, -0.2) is 5.71 Å². The van der Waals surface area contributed by atoms with Crippen LogP contribution in [0, 0.1) is 6.92 Å². The van der Waals surface area contributed by atoms with Crippen LogP contribution < -0.4 is 0 Å². The molecule has 3 rings (SSSR count). The lowest BCUT2D eigenvalue weighted by molar-refractivity contribution is 0.765. The summed E-state index contributed by atoms with van der Waals surface area (Å²) in [5, 5.41) is 0. The van der Waals surface area contributed by atoms with Gasteiger partial charge < -0.3 is 0 Å². The van der Waals surface area contributed by atoms with Gasteiger partial charge in [0.2, 0.25) is 0 Å². The molecule has 0 saturated carbocycles. The van der Waals surface area contributed by atoms with E-state index in [1.807, 2.05) is 0 Å². The van der Waals surface area contributed by atoms with E-state index in [1.165, 1.54) is 47.2 Å². The Hall–Kier alpha value is -1.89. The highest BCUT2D eigenvalue weighted by Crippen LogP contribution is 2.25. The maximum absolute atomic E-state index is 5.05. The summed E-state index contributed by atoms with van der Waals surface area (Å²) in [5.41, 5.74) is 6.79. The van der Waals surface area contributed by atoms with E-state index in [1.54, 1.807) is 0 Å². The Morgan fingerprint density at radius 2 is 1.71 bits per heavy atom. The van der Waals surface area contributed by atoms with Gasteiger partial charge in [0, 0.05) is 5.71 Å². The highest BCUT2D eigenvalue weighted by Gasteiger charge is 2.15. The van der Waals surface area contributed by atoms with Crippen molar-refractivity contribution in [2.24, 2.45) is 4.99 Å². The summed E-state index contributed by atoms with van der Waals surface area (Å²) in [6, 6.07) is 17.6. The molecule has 1 aliphatic rings. The second-order valence-corrected chi connectivity index (χ2v) is 6.03. The zero-order valence-corrected chi connectivity index (χ0v) is 13.0. The molecule has 1 atom stereocenters. The fraction of sp³-hybridized carbons (Fsp3) is 0.350. The van der Waals surface area contributed by atoms with Crippen molar-refractivity contribution in [2.45, 2.75) is 45.6 Å². The van der Waals surface area contributed by atoms with Gasteiger partial charge in [-0.2, -0.15) is 0 Å². The summed E-state index contributed by atoms with van der Waals surface area (Å²) in [5.74, 6) is 0. The summed E-state index contributed by atoms with van der Waals surface area (Å²) in [7, 11) is 0. The SMILES string of the molecule is Cc1ccc2c(c1)CCCCC2=NC(C)c1ccccc1. The molecule has 1 nitrogen and oxygen atoms in total. The third-order valence-corrected chi connectivity index (χ3v) is 4.31. The lowest BCUT2D eigenvalue weighted by Gasteiger charge is -2.13. The molecule has 108 valence electrons. The number of fused-ring (bicyclic) bond motifs is 1. The van der Waals surface area contributed by atoms with Gasteiger partial charge in [-0.25, -0.2) is 0 Å². The summed E-state index contributed by atoms with van der Waals surface area (Å²) >= 11 is 0. The minimum Gasteiger partial charge on any atom is -0.281 e. The van der Waals surface area contributed by atoms with E-state index >= 15 is 0 Å². The highest BCUT2D eigenvalue weighted by atomic mass is 14.8. The largest absolute Gasteiger partial charge is 0.281 e. The van der Waals surface area contributed by atoms with Crippen molar-refractivity contribution in [3.05, 3.63) is 70.8 Å². The Morgan fingerprint density at radius 1 is 0.952 bits per heavy atom. The van der Waals surface area contributed by atoms with E-state index in [2.05, 4.69) is 62.4 Å². The molecule has 0 aliphatic heterocycles. The molecule has 0 aromatic heterocycles. The van der Waals surface area contributed by atoms with Crippen LogP contribution in [0.3, 0.4) is 0 Å². The Morgan fingerprint density at radius 3 is 2.52 bits per heavy atom. The number of rotatable bonds is 2. The van der Waals surface area contributed by atoms with Crippen LogP contribution in [0.2, 0.25) is 0 Å². The van der Waals surface area contributed by atoms with E-state index in [-0.39, 0.29) is 6.04 Å². The maximum atomic E-state index is 5.05. The van der Waals surface area contributed by atoms with Gasteiger partial charge in [0.25, 0.3) is 0 Å². The molecule has 0 saturated heterocycles. The first kappa shape index (κ1) is 14.1. The molecule has 0 amide bonds. The average Bonchev–Trinajstić information content (AvgIpc) is 2.70. The van der Waals surface area contributed by atoms with Crippen molar-refractivity contribution in [2.75, 3.05) is 0 Å². The van der Waals surface area contributed by atoms with Gasteiger partial charge in [-0.3, -0.25) is 4.99 Å². The first-order chi connectivity index (χ1) is 10.2. The van der Waals surface area contributed by atoms with Crippen molar-refractivity contribution in [1.82, 2.24) is 0 Å². The molecule has 21 heavy (non-hydrogen) atoms. The van der Waals surface area contributed by atoms with E-state index < -0.39 is 0 Å². The van der Waals surface area contributed by atoms with Crippen LogP contribution in [0.25, 0.3) is 0 Å². The van der Waals surface area contributed by atoms with Crippen LogP contribution in [0.5, 0.6) is 0 Å². The Balaban J connectivity index is 1.96. The fourth-order valence-electron chi connectivity index (χ4n) is 3.13. The van der Waals surface area contributed by atoms with Crippen LogP contribution >= 0.6 is 0 Å². The van der Waals surface area contributed by atoms with E-state index in [9.17, 15) is 0 Å². The predicted octanol–water partition coefficient (Wildman–Crippen LogP) is 5.27. The molecule has 0 spiro atoms. The Kier molecular flexibility index (Phi) is 4.19. The molecular formula is C20H23N. The molecule has 0 radical (unpaired) electrons. The molecule has 0 bridgehead atoms. The molecule has 0 fully saturated rings. The number of aliphatic imine (C=N–C) groups is 1. The maximum Gasteiger partial charge on any atom is 0.0724 e. The van der Waals surface area contributed by atoms with Gasteiger partial charge in [-0.1, -0.05) is 54.1 Å². The van der Waals surface area contributed by atoms with Gasteiger partial charge in [0.15, 0.2) is 0 Å². The smallest absolute Gasteiger partial charge is 0.0724 e. The number of hydrogen-bond donors (Lipinski definition) is 0. The van der Waals surface area contributed by atoms with Crippen LogP contribution in [0.1, 0.15) is 54.5 Å². The van der Waals surface area contributed by atoms with Crippen LogP contribution in [0.15, 0.2) is 53.5 Å². The lowest BCUT2D eigenvalue weighted by atomic mass is 9.99. The van der Waals surface area contributed by atoms with Crippen LogP contribution in [0.4, 0.5) is 0 Å². The molecule has 2 aromatic carbocycles. The number of hydrogen-bond acceptors (Lipinski definition) is 1. The minimum absolute atomic E-state index is 0.230. The molecule has 1 heteroatoms. The molecule has 2 aromatic rings. The monoisotopic (exact) mass is 277 g/mol. The quantitative estimate of drug-likeness (QED) is 0.663. The normalized spacial score (nSPS) is 18.1. The summed E-state index contributed by atoms with van der Waals surface area (Å²) in [6.45, 7) is 4.37. The summed E-state index contributed by atoms with van der Waals surface area (Å²) in [4.78, 5) is 5.05. The second kappa shape index (κ2) is 6.26.